The maximum absolute atomic E-state index is 12.9. The van der Waals surface area contributed by atoms with Crippen molar-refractivity contribution >= 4 is 0 Å². The zero-order valence-electron chi connectivity index (χ0n) is 7.01. The maximum Gasteiger partial charge on any atom is 0.245 e. The van der Waals surface area contributed by atoms with E-state index >= 15 is 0 Å². The van der Waals surface area contributed by atoms with Crippen LogP contribution in [0.1, 0.15) is 12.8 Å². The van der Waals surface area contributed by atoms with Crippen molar-refractivity contribution in [2.24, 2.45) is 5.92 Å². The Kier molecular flexibility index (Phi) is 2.03. The Morgan fingerprint density at radius 2 is 2.00 bits per heavy atom. The number of nitrogens with one attached hydrogen (secondary N) is 1. The summed E-state index contributed by atoms with van der Waals surface area (Å²) in [4.78, 5) is 0. The smallest absolute Gasteiger partial charge is 0.245 e. The molecule has 0 aromatic heterocycles. The van der Waals surface area contributed by atoms with Crippen LogP contribution in [-0.2, 0) is 0 Å². The molecule has 0 bridgehead atoms. The van der Waals surface area contributed by atoms with Crippen LogP contribution in [0, 0.1) is 5.92 Å². The lowest BCUT2D eigenvalue weighted by atomic mass is 9.85. The molecule has 1 saturated heterocycles. The molecule has 1 aliphatic carbocycles. The van der Waals surface area contributed by atoms with Gasteiger partial charge in [0.25, 0.3) is 0 Å². The maximum atomic E-state index is 12.9. The van der Waals surface area contributed by atoms with Crippen LogP contribution < -0.4 is 5.32 Å². The molecule has 1 heterocycles. The van der Waals surface area contributed by atoms with Crippen molar-refractivity contribution in [3.8, 4) is 0 Å². The number of aliphatic hydroxyl groups is 1. The summed E-state index contributed by atoms with van der Waals surface area (Å²) in [6.45, 7) is -0.00954. The number of alkyl halides is 3. The van der Waals surface area contributed by atoms with Crippen LogP contribution in [0.15, 0.2) is 0 Å². The highest BCUT2D eigenvalue weighted by atomic mass is 19.3. The summed E-state index contributed by atoms with van der Waals surface area (Å²) in [7, 11) is 0. The lowest BCUT2D eigenvalue weighted by Crippen LogP contribution is -2.59. The highest BCUT2D eigenvalue weighted by Crippen LogP contribution is 2.49. The summed E-state index contributed by atoms with van der Waals surface area (Å²) in [5.74, 6) is -1.24. The average Bonchev–Trinajstić information content (AvgIpc) is 2.79. The van der Waals surface area contributed by atoms with Crippen LogP contribution >= 0.6 is 0 Å². The summed E-state index contributed by atoms with van der Waals surface area (Å²) >= 11 is 0. The molecule has 2 rings (SSSR count). The molecular weight excluding hydrogens is 183 g/mol. The molecule has 2 aliphatic rings. The molecular formula is C8H12F3NO. The first-order valence-electron chi connectivity index (χ1n) is 4.42. The number of rotatable bonds is 1. The van der Waals surface area contributed by atoms with E-state index in [1.807, 2.05) is 0 Å². The summed E-state index contributed by atoms with van der Waals surface area (Å²) in [5.41, 5.74) is -0.670. The van der Waals surface area contributed by atoms with Gasteiger partial charge < -0.3 is 10.4 Å². The highest BCUT2D eigenvalue weighted by Gasteiger charge is 2.59. The second-order valence-corrected chi connectivity index (χ2v) is 3.90. The van der Waals surface area contributed by atoms with Gasteiger partial charge in [0.2, 0.25) is 6.43 Å². The third kappa shape index (κ3) is 1.34. The van der Waals surface area contributed by atoms with Gasteiger partial charge in [-0.25, -0.2) is 13.2 Å². The lowest BCUT2D eigenvalue weighted by Gasteiger charge is -2.38. The van der Waals surface area contributed by atoms with Crippen molar-refractivity contribution in [1.82, 2.24) is 5.32 Å². The fourth-order valence-electron chi connectivity index (χ4n) is 2.13. The Bertz CT molecular complexity index is 208. The van der Waals surface area contributed by atoms with Crippen LogP contribution in [0.4, 0.5) is 13.2 Å². The standard InChI is InChI=1S/C8H12F3NO/c9-4-3-12-8(1-2-8)5(6(4)13)7(10)11/h4-7,12-13H,1-3H2/t4-,5?,6-/m0/s1. The van der Waals surface area contributed by atoms with Crippen LogP contribution in [-0.4, -0.2) is 35.9 Å². The first-order valence-corrected chi connectivity index (χ1v) is 4.42. The van der Waals surface area contributed by atoms with Crippen LogP contribution in [0.2, 0.25) is 0 Å². The molecule has 1 saturated carbocycles. The third-order valence-electron chi connectivity index (χ3n) is 3.09. The number of hydrogen-bond acceptors (Lipinski definition) is 2. The van der Waals surface area contributed by atoms with Gasteiger partial charge in [0.1, 0.15) is 6.17 Å². The van der Waals surface area contributed by atoms with Crippen LogP contribution in [0.5, 0.6) is 0 Å². The van der Waals surface area contributed by atoms with E-state index in [0.29, 0.717) is 12.8 Å². The fraction of sp³-hybridized carbons (Fsp3) is 1.00. The second kappa shape index (κ2) is 2.85. The van der Waals surface area contributed by atoms with E-state index in [-0.39, 0.29) is 6.54 Å². The SMILES string of the molecule is O[C@@H]1C(C(F)F)C2(CC2)NC[C@@H]1F. The van der Waals surface area contributed by atoms with Gasteiger partial charge in [-0.3, -0.25) is 0 Å². The highest BCUT2D eigenvalue weighted by molar-refractivity contribution is 5.13. The molecule has 2 nitrogen and oxygen atoms in total. The number of piperidine rings is 1. The Labute approximate surface area is 74.1 Å². The molecule has 2 fully saturated rings. The molecule has 2 N–H and O–H groups in total. The second-order valence-electron chi connectivity index (χ2n) is 3.90. The molecule has 3 atom stereocenters. The molecule has 1 spiro atoms. The van der Waals surface area contributed by atoms with Crippen molar-refractivity contribution in [1.29, 1.82) is 0 Å². The van der Waals surface area contributed by atoms with Gasteiger partial charge in [-0.1, -0.05) is 0 Å². The average molecular weight is 195 g/mol. The van der Waals surface area contributed by atoms with Gasteiger partial charge >= 0.3 is 0 Å². The van der Waals surface area contributed by atoms with Gasteiger partial charge in [-0.2, -0.15) is 0 Å². The molecule has 0 amide bonds. The predicted octanol–water partition coefficient (Wildman–Crippen LogP) is 0.703. The van der Waals surface area contributed by atoms with E-state index in [1.54, 1.807) is 0 Å². The Hall–Kier alpha value is -0.290. The minimum absolute atomic E-state index is 0.00954. The zero-order chi connectivity index (χ0) is 9.64. The largest absolute Gasteiger partial charge is 0.389 e. The van der Waals surface area contributed by atoms with Crippen molar-refractivity contribution in [2.75, 3.05) is 6.54 Å². The summed E-state index contributed by atoms with van der Waals surface area (Å²) in [6, 6.07) is 0. The van der Waals surface area contributed by atoms with Crippen LogP contribution in [0.25, 0.3) is 0 Å². The third-order valence-corrected chi connectivity index (χ3v) is 3.09. The van der Waals surface area contributed by atoms with Gasteiger partial charge in [-0.05, 0) is 12.8 Å². The normalized spacial score (nSPS) is 42.7. The minimum atomic E-state index is -2.65. The predicted molar refractivity (Wildman–Crippen MR) is 40.4 cm³/mol. The molecule has 0 radical (unpaired) electrons. The minimum Gasteiger partial charge on any atom is -0.389 e. The topological polar surface area (TPSA) is 32.3 Å². The Morgan fingerprint density at radius 1 is 1.38 bits per heavy atom. The Balaban J connectivity index is 2.16. The first kappa shape index (κ1) is 9.27. The number of aliphatic hydroxyl groups excluding tert-OH is 1. The summed E-state index contributed by atoms with van der Waals surface area (Å²) < 4.78 is 37.9. The Morgan fingerprint density at radius 3 is 2.46 bits per heavy atom. The monoisotopic (exact) mass is 195 g/mol. The van der Waals surface area contributed by atoms with Gasteiger partial charge in [-0.15, -0.1) is 0 Å². The van der Waals surface area contributed by atoms with E-state index in [4.69, 9.17) is 0 Å². The zero-order valence-corrected chi connectivity index (χ0v) is 7.01. The van der Waals surface area contributed by atoms with Crippen molar-refractivity contribution < 1.29 is 18.3 Å². The molecule has 13 heavy (non-hydrogen) atoms. The van der Waals surface area contributed by atoms with Gasteiger partial charge in [0, 0.05) is 12.1 Å². The molecule has 5 heteroatoms. The lowest BCUT2D eigenvalue weighted by molar-refractivity contribution is -0.0859. The van der Waals surface area contributed by atoms with E-state index in [0.717, 1.165) is 0 Å². The van der Waals surface area contributed by atoms with E-state index in [9.17, 15) is 18.3 Å². The fourth-order valence-corrected chi connectivity index (χ4v) is 2.13. The van der Waals surface area contributed by atoms with E-state index in [2.05, 4.69) is 5.32 Å². The van der Waals surface area contributed by atoms with Gasteiger partial charge in [0.05, 0.1) is 12.0 Å². The first-order chi connectivity index (χ1) is 6.07. The van der Waals surface area contributed by atoms with Crippen molar-refractivity contribution in [3.63, 3.8) is 0 Å². The summed E-state index contributed by atoms with van der Waals surface area (Å²) in [5, 5.41) is 12.1. The van der Waals surface area contributed by atoms with Gasteiger partial charge in [0.15, 0.2) is 0 Å². The summed E-state index contributed by atoms with van der Waals surface area (Å²) in [6.07, 6.45) is -4.49. The van der Waals surface area contributed by atoms with E-state index in [1.165, 1.54) is 0 Å². The van der Waals surface area contributed by atoms with E-state index < -0.39 is 30.2 Å². The van der Waals surface area contributed by atoms with Crippen molar-refractivity contribution in [3.05, 3.63) is 0 Å². The molecule has 0 aromatic rings. The number of hydrogen-bond donors (Lipinski definition) is 2. The molecule has 0 aromatic carbocycles. The van der Waals surface area contributed by atoms with Crippen molar-refractivity contribution in [2.45, 2.75) is 37.1 Å². The quantitative estimate of drug-likeness (QED) is 0.645. The number of halogens is 3. The molecule has 1 aliphatic heterocycles. The molecule has 76 valence electrons. The van der Waals surface area contributed by atoms with Crippen LogP contribution in [0.3, 0.4) is 0 Å². The molecule has 1 unspecified atom stereocenters.